The van der Waals surface area contributed by atoms with E-state index < -0.39 is 9.84 Å². The normalized spacial score (nSPS) is 11.8. The summed E-state index contributed by atoms with van der Waals surface area (Å²) in [6.07, 6.45) is 1.40. The quantitative estimate of drug-likeness (QED) is 0.886. The van der Waals surface area contributed by atoms with Crippen molar-refractivity contribution < 1.29 is 13.2 Å². The van der Waals surface area contributed by atoms with Gasteiger partial charge in [-0.25, -0.2) is 13.4 Å². The zero-order chi connectivity index (χ0) is 15.8. The van der Waals surface area contributed by atoms with Crippen LogP contribution in [-0.2, 0) is 21.2 Å². The molecule has 2 rings (SSSR count). The highest BCUT2D eigenvalue weighted by Crippen LogP contribution is 2.25. The Labute approximate surface area is 123 Å². The molecular formula is C13H18N4O3S. The molecule has 0 aliphatic carbocycles. The number of aromatic nitrogens is 2. The third-order valence-corrected chi connectivity index (χ3v) is 4.35. The summed E-state index contributed by atoms with van der Waals surface area (Å²) in [4.78, 5) is 17.4. The third-order valence-electron chi connectivity index (χ3n) is 3.22. The van der Waals surface area contributed by atoms with Crippen LogP contribution in [0.5, 0.6) is 0 Å². The standard InChI is InChI=1S/C13H18N4O3S/c1-16(2)11(18)7-8-17-9-5-4-6-10(21(3,19)20)12(9)15-13(17)14/h4-6H,7-8H2,1-3H3,(H2,14,15). The summed E-state index contributed by atoms with van der Waals surface area (Å²) in [7, 11) is -0.0241. The van der Waals surface area contributed by atoms with Gasteiger partial charge in [-0.3, -0.25) is 4.79 Å². The molecule has 7 nitrogen and oxygen atoms in total. The van der Waals surface area contributed by atoms with E-state index in [4.69, 9.17) is 5.73 Å². The molecule has 8 heteroatoms. The first-order chi connectivity index (χ1) is 9.71. The van der Waals surface area contributed by atoms with E-state index >= 15 is 0 Å². The number of para-hydroxylation sites is 1. The number of hydrogen-bond donors (Lipinski definition) is 1. The van der Waals surface area contributed by atoms with Crippen LogP contribution in [0.25, 0.3) is 11.0 Å². The number of carbonyl (C=O) groups is 1. The van der Waals surface area contributed by atoms with Crippen molar-refractivity contribution >= 4 is 32.7 Å². The predicted octanol–water partition coefficient (Wildman–Crippen LogP) is 0.500. The third kappa shape index (κ3) is 2.99. The van der Waals surface area contributed by atoms with Crippen LogP contribution < -0.4 is 5.73 Å². The molecule has 1 aromatic carbocycles. The smallest absolute Gasteiger partial charge is 0.223 e. The molecule has 0 fully saturated rings. The zero-order valence-electron chi connectivity index (χ0n) is 12.2. The number of anilines is 1. The SMILES string of the molecule is CN(C)C(=O)CCn1c(N)nc2c(S(C)(=O)=O)cccc21. The van der Waals surface area contributed by atoms with Crippen molar-refractivity contribution in [1.82, 2.24) is 14.5 Å². The molecule has 0 radical (unpaired) electrons. The van der Waals surface area contributed by atoms with E-state index in [1.54, 1.807) is 30.8 Å². The Balaban J connectivity index is 2.47. The molecule has 0 aliphatic rings. The molecule has 0 bridgehead atoms. The van der Waals surface area contributed by atoms with Gasteiger partial charge < -0.3 is 15.2 Å². The van der Waals surface area contributed by atoms with Gasteiger partial charge in [0.15, 0.2) is 9.84 Å². The average molecular weight is 310 g/mol. The second kappa shape index (κ2) is 5.36. The summed E-state index contributed by atoms with van der Waals surface area (Å²) in [5.74, 6) is 0.170. The van der Waals surface area contributed by atoms with Crippen molar-refractivity contribution in [3.05, 3.63) is 18.2 Å². The second-order valence-corrected chi connectivity index (χ2v) is 7.04. The van der Waals surface area contributed by atoms with Gasteiger partial charge in [-0.15, -0.1) is 0 Å². The number of rotatable bonds is 4. The van der Waals surface area contributed by atoms with Crippen LogP contribution >= 0.6 is 0 Å². The summed E-state index contributed by atoms with van der Waals surface area (Å²) in [5, 5.41) is 0. The van der Waals surface area contributed by atoms with Crippen molar-refractivity contribution in [3.63, 3.8) is 0 Å². The maximum absolute atomic E-state index is 11.8. The fourth-order valence-corrected chi connectivity index (χ4v) is 2.93. The highest BCUT2D eigenvalue weighted by molar-refractivity contribution is 7.91. The number of aryl methyl sites for hydroxylation is 1. The monoisotopic (exact) mass is 310 g/mol. The fraction of sp³-hybridized carbons (Fsp3) is 0.385. The first kappa shape index (κ1) is 15.3. The summed E-state index contributed by atoms with van der Waals surface area (Å²) in [6.45, 7) is 0.354. The van der Waals surface area contributed by atoms with Crippen molar-refractivity contribution in [3.8, 4) is 0 Å². The Hall–Kier alpha value is -2.09. The highest BCUT2D eigenvalue weighted by atomic mass is 32.2. The Morgan fingerprint density at radius 2 is 2.05 bits per heavy atom. The molecule has 0 saturated carbocycles. The van der Waals surface area contributed by atoms with Crippen LogP contribution in [0.3, 0.4) is 0 Å². The summed E-state index contributed by atoms with van der Waals surface area (Å²) < 4.78 is 25.2. The lowest BCUT2D eigenvalue weighted by molar-refractivity contribution is -0.128. The second-order valence-electron chi connectivity index (χ2n) is 5.06. The Kier molecular flexibility index (Phi) is 3.91. The van der Waals surface area contributed by atoms with Gasteiger partial charge in [0.25, 0.3) is 0 Å². The molecule has 0 atom stereocenters. The average Bonchev–Trinajstić information content (AvgIpc) is 2.69. The van der Waals surface area contributed by atoms with E-state index in [0.29, 0.717) is 17.6 Å². The van der Waals surface area contributed by atoms with E-state index in [1.807, 2.05) is 0 Å². The van der Waals surface area contributed by atoms with Gasteiger partial charge in [-0.05, 0) is 12.1 Å². The predicted molar refractivity (Wildman–Crippen MR) is 80.6 cm³/mol. The van der Waals surface area contributed by atoms with Crippen molar-refractivity contribution in [2.24, 2.45) is 0 Å². The minimum absolute atomic E-state index is 0.0319. The maximum Gasteiger partial charge on any atom is 0.223 e. The molecule has 1 heterocycles. The molecule has 1 amide bonds. The van der Waals surface area contributed by atoms with Crippen molar-refractivity contribution in [1.29, 1.82) is 0 Å². The maximum atomic E-state index is 11.8. The van der Waals surface area contributed by atoms with E-state index in [1.165, 1.54) is 11.0 Å². The van der Waals surface area contributed by atoms with Crippen molar-refractivity contribution in [2.75, 3.05) is 26.1 Å². The molecule has 21 heavy (non-hydrogen) atoms. The zero-order valence-corrected chi connectivity index (χ0v) is 13.0. The van der Waals surface area contributed by atoms with Crippen LogP contribution in [0.4, 0.5) is 5.95 Å². The Morgan fingerprint density at radius 3 is 2.62 bits per heavy atom. The number of benzene rings is 1. The van der Waals surface area contributed by atoms with Gasteiger partial charge in [0.2, 0.25) is 11.9 Å². The van der Waals surface area contributed by atoms with E-state index in [-0.39, 0.29) is 23.2 Å². The number of carbonyl (C=O) groups excluding carboxylic acids is 1. The number of nitrogens with two attached hydrogens (primary N) is 1. The fourth-order valence-electron chi connectivity index (χ4n) is 2.10. The number of fused-ring (bicyclic) bond motifs is 1. The number of nitrogens with zero attached hydrogens (tertiary/aromatic N) is 3. The lowest BCUT2D eigenvalue weighted by Crippen LogP contribution is -2.23. The molecule has 0 spiro atoms. The lowest BCUT2D eigenvalue weighted by atomic mass is 10.3. The molecular weight excluding hydrogens is 292 g/mol. The molecule has 2 aromatic rings. The topological polar surface area (TPSA) is 98.3 Å². The van der Waals surface area contributed by atoms with Crippen molar-refractivity contribution in [2.45, 2.75) is 17.9 Å². The molecule has 0 saturated heterocycles. The van der Waals surface area contributed by atoms with Crippen LogP contribution in [0.15, 0.2) is 23.1 Å². The van der Waals surface area contributed by atoms with Gasteiger partial charge in [0.1, 0.15) is 5.52 Å². The van der Waals surface area contributed by atoms with Gasteiger partial charge in [0, 0.05) is 33.3 Å². The summed E-state index contributed by atoms with van der Waals surface area (Å²) in [5.41, 5.74) is 6.82. The summed E-state index contributed by atoms with van der Waals surface area (Å²) in [6, 6.07) is 4.89. The van der Waals surface area contributed by atoms with Gasteiger partial charge in [-0.1, -0.05) is 6.07 Å². The van der Waals surface area contributed by atoms with E-state index in [9.17, 15) is 13.2 Å². The number of sulfone groups is 1. The lowest BCUT2D eigenvalue weighted by Gasteiger charge is -2.11. The van der Waals surface area contributed by atoms with E-state index in [0.717, 1.165) is 6.26 Å². The minimum Gasteiger partial charge on any atom is -0.369 e. The Bertz CT molecular complexity index is 793. The largest absolute Gasteiger partial charge is 0.369 e. The van der Waals surface area contributed by atoms with Crippen LogP contribution in [0.2, 0.25) is 0 Å². The number of hydrogen-bond acceptors (Lipinski definition) is 5. The van der Waals surface area contributed by atoms with Crippen LogP contribution in [0.1, 0.15) is 6.42 Å². The van der Waals surface area contributed by atoms with Gasteiger partial charge >= 0.3 is 0 Å². The van der Waals surface area contributed by atoms with Gasteiger partial charge in [0.05, 0.1) is 10.4 Å². The molecule has 114 valence electrons. The van der Waals surface area contributed by atoms with E-state index in [2.05, 4.69) is 4.98 Å². The molecule has 1 aromatic heterocycles. The Morgan fingerprint density at radius 1 is 1.38 bits per heavy atom. The highest BCUT2D eigenvalue weighted by Gasteiger charge is 2.18. The van der Waals surface area contributed by atoms with Crippen LogP contribution in [-0.4, -0.2) is 49.1 Å². The molecule has 2 N–H and O–H groups in total. The number of nitrogen functional groups attached to an aromatic ring is 1. The first-order valence-corrected chi connectivity index (χ1v) is 8.26. The van der Waals surface area contributed by atoms with Crippen LogP contribution in [0, 0.1) is 0 Å². The summed E-state index contributed by atoms with van der Waals surface area (Å²) >= 11 is 0. The molecule has 0 aliphatic heterocycles. The molecule has 0 unspecified atom stereocenters. The number of imidazole rings is 1. The minimum atomic E-state index is -3.38. The first-order valence-electron chi connectivity index (χ1n) is 6.36. The number of amides is 1. The van der Waals surface area contributed by atoms with Gasteiger partial charge in [-0.2, -0.15) is 0 Å².